The molecule has 2 heterocycles. The quantitative estimate of drug-likeness (QED) is 0.261. The first-order valence-electron chi connectivity index (χ1n) is 12.1. The van der Waals surface area contributed by atoms with Crippen molar-refractivity contribution in [1.29, 1.82) is 0 Å². The Morgan fingerprint density at radius 1 is 1.18 bits per heavy atom. The molecule has 0 spiro atoms. The van der Waals surface area contributed by atoms with Gasteiger partial charge in [0.15, 0.2) is 0 Å². The standard InChI is InChI=1S/C26H32FN3O8S/c1-7-37-23(32)20-14(2)19-21(31)30(26(3,4)24(28)33)25(34)29(22(19)39-20)13-18(38-11-10-35-5)16-12-15(27)8-9-17(16)36-6/h8-9,12,18H,7,10-11,13H2,1-6H3,(H2,28,33)/t18-/m0/s1. The van der Waals surface area contributed by atoms with Crippen LogP contribution in [-0.2, 0) is 31.1 Å². The highest BCUT2D eigenvalue weighted by Crippen LogP contribution is 2.33. The van der Waals surface area contributed by atoms with Crippen LogP contribution in [0.5, 0.6) is 5.75 Å². The van der Waals surface area contributed by atoms with Gasteiger partial charge in [0, 0.05) is 12.7 Å². The molecule has 3 rings (SSSR count). The molecule has 0 saturated carbocycles. The van der Waals surface area contributed by atoms with E-state index in [4.69, 9.17) is 24.7 Å². The number of hydrogen-bond donors (Lipinski definition) is 1. The van der Waals surface area contributed by atoms with Crippen molar-refractivity contribution in [3.63, 3.8) is 0 Å². The Kier molecular flexibility index (Phi) is 9.30. The number of primary amides is 1. The molecule has 1 aromatic carbocycles. The smallest absolute Gasteiger partial charge is 0.348 e. The summed E-state index contributed by atoms with van der Waals surface area (Å²) in [6, 6.07) is 3.88. The summed E-state index contributed by atoms with van der Waals surface area (Å²) >= 11 is 0.907. The van der Waals surface area contributed by atoms with Gasteiger partial charge in [-0.1, -0.05) is 0 Å². The van der Waals surface area contributed by atoms with Gasteiger partial charge in [-0.25, -0.2) is 18.5 Å². The maximum atomic E-state index is 14.3. The molecule has 0 aliphatic carbocycles. The third-order valence-electron chi connectivity index (χ3n) is 6.33. The van der Waals surface area contributed by atoms with Crippen LogP contribution in [0.4, 0.5) is 4.39 Å². The second-order valence-corrected chi connectivity index (χ2v) is 10.2. The number of carbonyl (C=O) groups excluding carboxylic acids is 2. The Morgan fingerprint density at radius 3 is 2.46 bits per heavy atom. The molecule has 2 N–H and O–H groups in total. The molecular weight excluding hydrogens is 533 g/mol. The summed E-state index contributed by atoms with van der Waals surface area (Å²) in [6.07, 6.45) is -0.956. The van der Waals surface area contributed by atoms with Gasteiger partial charge in [0.25, 0.3) is 5.56 Å². The van der Waals surface area contributed by atoms with Crippen LogP contribution in [0.1, 0.15) is 47.7 Å². The highest BCUT2D eigenvalue weighted by Gasteiger charge is 2.35. The molecule has 0 saturated heterocycles. The first kappa shape index (κ1) is 30.0. The molecule has 2 aromatic heterocycles. The van der Waals surface area contributed by atoms with E-state index in [-0.39, 0.29) is 41.5 Å². The lowest BCUT2D eigenvalue weighted by Gasteiger charge is -2.26. The number of benzene rings is 1. The third-order valence-corrected chi connectivity index (χ3v) is 7.62. The van der Waals surface area contributed by atoms with Crippen LogP contribution in [0.15, 0.2) is 27.8 Å². The largest absolute Gasteiger partial charge is 0.496 e. The van der Waals surface area contributed by atoms with E-state index >= 15 is 0 Å². The first-order chi connectivity index (χ1) is 18.4. The Labute approximate surface area is 227 Å². The number of aryl methyl sites for hydroxylation is 1. The minimum atomic E-state index is -1.72. The molecule has 0 unspecified atom stereocenters. The second kappa shape index (κ2) is 12.1. The minimum Gasteiger partial charge on any atom is -0.496 e. The van der Waals surface area contributed by atoms with Crippen molar-refractivity contribution in [2.24, 2.45) is 5.73 Å². The first-order valence-corrected chi connectivity index (χ1v) is 12.9. The SMILES string of the molecule is CCOC(=O)c1sc2c(c1C)c(=O)n(C(C)(C)C(N)=O)c(=O)n2C[C@H](OCCOC)c1cc(F)ccc1OC. The highest BCUT2D eigenvalue weighted by molar-refractivity contribution is 7.20. The van der Waals surface area contributed by atoms with Crippen molar-refractivity contribution in [3.05, 3.63) is 60.9 Å². The molecule has 0 radical (unpaired) electrons. The zero-order chi connectivity index (χ0) is 29.1. The molecule has 212 valence electrons. The van der Waals surface area contributed by atoms with E-state index in [2.05, 4.69) is 0 Å². The van der Waals surface area contributed by atoms with Crippen LogP contribution in [0.3, 0.4) is 0 Å². The van der Waals surface area contributed by atoms with E-state index in [1.165, 1.54) is 50.8 Å². The Hall–Kier alpha value is -3.55. The summed E-state index contributed by atoms with van der Waals surface area (Å²) in [6.45, 7) is 6.08. The normalized spacial score (nSPS) is 12.5. The van der Waals surface area contributed by atoms with Crippen molar-refractivity contribution < 1.29 is 32.9 Å². The zero-order valence-corrected chi connectivity index (χ0v) is 23.5. The molecule has 0 aliphatic rings. The fourth-order valence-corrected chi connectivity index (χ4v) is 5.34. The van der Waals surface area contributed by atoms with E-state index in [9.17, 15) is 23.6 Å². The van der Waals surface area contributed by atoms with Gasteiger partial charge in [0.1, 0.15) is 32.9 Å². The molecule has 3 aromatic rings. The zero-order valence-electron chi connectivity index (χ0n) is 22.7. The van der Waals surface area contributed by atoms with Crippen LogP contribution in [-0.4, -0.2) is 55.1 Å². The summed E-state index contributed by atoms with van der Waals surface area (Å²) in [5.41, 5.74) is 2.82. The van der Waals surface area contributed by atoms with Gasteiger partial charge in [0.05, 0.1) is 38.9 Å². The van der Waals surface area contributed by atoms with Crippen LogP contribution in [0.2, 0.25) is 0 Å². The summed E-state index contributed by atoms with van der Waals surface area (Å²) in [5, 5.41) is 0.0545. The second-order valence-electron chi connectivity index (χ2n) is 9.15. The van der Waals surface area contributed by atoms with Gasteiger partial charge in [-0.05, 0) is 51.5 Å². The van der Waals surface area contributed by atoms with Gasteiger partial charge < -0.3 is 24.7 Å². The molecule has 0 bridgehead atoms. The van der Waals surface area contributed by atoms with E-state index < -0.39 is 40.6 Å². The number of nitrogens with zero attached hydrogens (tertiary/aromatic N) is 2. The number of fused-ring (bicyclic) bond motifs is 1. The van der Waals surface area contributed by atoms with Crippen molar-refractivity contribution in [1.82, 2.24) is 9.13 Å². The fraction of sp³-hybridized carbons (Fsp3) is 0.462. The lowest BCUT2D eigenvalue weighted by molar-refractivity contribution is -0.125. The van der Waals surface area contributed by atoms with Crippen LogP contribution < -0.4 is 21.7 Å². The maximum Gasteiger partial charge on any atom is 0.348 e. The molecule has 0 fully saturated rings. The van der Waals surface area contributed by atoms with Crippen LogP contribution >= 0.6 is 11.3 Å². The number of ether oxygens (including phenoxy) is 4. The molecule has 39 heavy (non-hydrogen) atoms. The van der Waals surface area contributed by atoms with Crippen LogP contribution in [0.25, 0.3) is 10.2 Å². The summed E-state index contributed by atoms with van der Waals surface area (Å²) in [7, 11) is 2.90. The Bertz CT molecular complexity index is 1510. The van der Waals surface area contributed by atoms with Gasteiger partial charge in [-0.2, -0.15) is 0 Å². The predicted molar refractivity (Wildman–Crippen MR) is 143 cm³/mol. The predicted octanol–water partition coefficient (Wildman–Crippen LogP) is 2.48. The number of nitrogens with two attached hydrogens (primary N) is 1. The molecular formula is C26H32FN3O8S. The lowest BCUT2D eigenvalue weighted by Crippen LogP contribution is -2.54. The Balaban J connectivity index is 2.38. The number of halogens is 1. The number of aromatic nitrogens is 2. The monoisotopic (exact) mass is 565 g/mol. The van der Waals surface area contributed by atoms with Crippen molar-refractivity contribution in [3.8, 4) is 5.75 Å². The van der Waals surface area contributed by atoms with E-state index in [0.717, 1.165) is 15.9 Å². The number of esters is 1. The van der Waals surface area contributed by atoms with Gasteiger partial charge in [-0.3, -0.25) is 14.2 Å². The van der Waals surface area contributed by atoms with Crippen molar-refractivity contribution in [2.75, 3.05) is 34.0 Å². The summed E-state index contributed by atoms with van der Waals surface area (Å²) in [5.74, 6) is -1.82. The van der Waals surface area contributed by atoms with Crippen LogP contribution in [0, 0.1) is 12.7 Å². The topological polar surface area (TPSA) is 141 Å². The molecule has 1 atom stereocenters. The molecule has 1 amide bonds. The van der Waals surface area contributed by atoms with Gasteiger partial charge >= 0.3 is 11.7 Å². The third kappa shape index (κ3) is 5.75. The number of rotatable bonds is 12. The average molecular weight is 566 g/mol. The van der Waals surface area contributed by atoms with E-state index in [0.29, 0.717) is 16.9 Å². The lowest BCUT2D eigenvalue weighted by atomic mass is 10.0. The maximum absolute atomic E-state index is 14.3. The summed E-state index contributed by atoms with van der Waals surface area (Å²) < 4.78 is 38.0. The Morgan fingerprint density at radius 2 is 1.87 bits per heavy atom. The molecule has 11 nitrogen and oxygen atoms in total. The number of hydrogen-bond acceptors (Lipinski definition) is 9. The van der Waals surface area contributed by atoms with Gasteiger partial charge in [-0.15, -0.1) is 11.3 Å². The fourth-order valence-electron chi connectivity index (χ4n) is 4.14. The minimum absolute atomic E-state index is 0.0545. The number of amides is 1. The molecule has 0 aliphatic heterocycles. The number of thiophene rings is 1. The number of carbonyl (C=O) groups is 2. The number of methoxy groups -OCH3 is 2. The summed E-state index contributed by atoms with van der Waals surface area (Å²) in [4.78, 5) is 52.9. The highest BCUT2D eigenvalue weighted by atomic mass is 32.1. The van der Waals surface area contributed by atoms with E-state index in [1.807, 2.05) is 0 Å². The molecule has 13 heteroatoms. The van der Waals surface area contributed by atoms with Crippen molar-refractivity contribution in [2.45, 2.75) is 45.9 Å². The van der Waals surface area contributed by atoms with Crippen molar-refractivity contribution >= 4 is 33.4 Å². The van der Waals surface area contributed by atoms with E-state index in [1.54, 1.807) is 13.8 Å². The average Bonchev–Trinajstić information content (AvgIpc) is 3.22. The van der Waals surface area contributed by atoms with Gasteiger partial charge in [0.2, 0.25) is 5.91 Å².